The Labute approximate surface area is 524 Å². The van der Waals surface area contributed by atoms with E-state index in [9.17, 15) is 24.3 Å². The van der Waals surface area contributed by atoms with E-state index in [0.29, 0.717) is 16.7 Å². The van der Waals surface area contributed by atoms with Crippen molar-refractivity contribution >= 4 is 47.2 Å². The zero-order valence-corrected chi connectivity index (χ0v) is 49.0. The van der Waals surface area contributed by atoms with Crippen molar-refractivity contribution in [2.24, 2.45) is 0 Å². The molecule has 472 valence electrons. The number of Topliss-reactive ketones (excluding diaryl/α,β-unsaturated/α-hetero) is 1. The molecule has 6 aromatic carbocycles. The summed E-state index contributed by atoms with van der Waals surface area (Å²) in [5.41, 5.74) is 1.61. The zero-order valence-electron chi connectivity index (χ0n) is 49.0. The number of rotatable bonds is 14. The van der Waals surface area contributed by atoms with Crippen LogP contribution in [0.5, 0.6) is 0 Å². The van der Waals surface area contributed by atoms with Crippen molar-refractivity contribution in [2.75, 3.05) is 19.8 Å². The van der Waals surface area contributed by atoms with Crippen molar-refractivity contribution < 1.29 is 100 Å². The highest BCUT2D eigenvalue weighted by atomic mass is 16.8. The van der Waals surface area contributed by atoms with E-state index >= 15 is 19.2 Å². The minimum atomic E-state index is -2.00. The molecular weight excluding hydrogens is 1190 g/mol. The van der Waals surface area contributed by atoms with Crippen LogP contribution in [0, 0.1) is 0 Å². The van der Waals surface area contributed by atoms with E-state index in [1.165, 1.54) is 43.3 Å². The van der Waals surface area contributed by atoms with Gasteiger partial charge in [-0.1, -0.05) is 127 Å². The van der Waals surface area contributed by atoms with Crippen molar-refractivity contribution in [3.8, 4) is 0 Å². The van der Waals surface area contributed by atoms with E-state index in [1.807, 2.05) is 0 Å². The summed E-state index contributed by atoms with van der Waals surface area (Å²) < 4.78 is 80.9. The lowest BCUT2D eigenvalue weighted by Gasteiger charge is -2.55. The first-order valence-corrected chi connectivity index (χ1v) is 30.3. The molecule has 0 unspecified atom stereocenters. The first-order valence-electron chi connectivity index (χ1n) is 30.3. The molecule has 0 spiro atoms. The molecule has 15 rings (SSSR count). The molecule has 1 N–H and O–H groups in total. The molecule has 0 radical (unpaired) electrons. The Morgan fingerprint density at radius 1 is 0.402 bits per heavy atom. The fourth-order valence-electron chi connectivity index (χ4n) is 13.8. The Hall–Kier alpha value is -8.60. The van der Waals surface area contributed by atoms with Crippen molar-refractivity contribution in [3.05, 3.63) is 214 Å². The highest BCUT2D eigenvalue weighted by molar-refractivity contribution is 6.23. The van der Waals surface area contributed by atoms with Gasteiger partial charge in [-0.3, -0.25) is 48.3 Å². The smallest absolute Gasteiger partial charge is 0.306 e. The number of ether oxygens (including phenoxy) is 12. The van der Waals surface area contributed by atoms with E-state index < -0.39 is 159 Å². The average Bonchev–Trinajstić information content (AvgIpc) is 1.36. The minimum Gasteiger partial charge on any atom is -0.457 e. The van der Waals surface area contributed by atoms with E-state index in [1.54, 1.807) is 127 Å². The van der Waals surface area contributed by atoms with Crippen LogP contribution >= 0.6 is 0 Å². The number of imide groups is 3. The molecule has 0 aliphatic carbocycles. The number of esters is 1. The van der Waals surface area contributed by atoms with Gasteiger partial charge in [0.15, 0.2) is 43.8 Å². The molecule has 0 bridgehead atoms. The lowest BCUT2D eigenvalue weighted by atomic mass is 9.91. The Morgan fingerprint density at radius 3 is 1.07 bits per heavy atom. The third-order valence-electron chi connectivity index (χ3n) is 18.1. The van der Waals surface area contributed by atoms with Gasteiger partial charge in [-0.05, 0) is 43.3 Å². The molecule has 6 saturated heterocycles. The summed E-state index contributed by atoms with van der Waals surface area (Å²) >= 11 is 0. The molecule has 0 aromatic heterocycles. The second kappa shape index (κ2) is 24.5. The van der Waals surface area contributed by atoms with Gasteiger partial charge in [0.25, 0.3) is 35.4 Å². The molecule has 6 fully saturated rings. The number of ketones is 1. The fourth-order valence-corrected chi connectivity index (χ4v) is 13.8. The van der Waals surface area contributed by atoms with Crippen LogP contribution in [0.4, 0.5) is 0 Å². The summed E-state index contributed by atoms with van der Waals surface area (Å²) in [6, 6.07) is 39.3. The highest BCUT2D eigenvalue weighted by Crippen LogP contribution is 2.47. The van der Waals surface area contributed by atoms with Crippen LogP contribution in [-0.4, -0.2) is 179 Å². The largest absolute Gasteiger partial charge is 0.457 e. The summed E-state index contributed by atoms with van der Waals surface area (Å²) in [4.78, 5) is 120. The molecular formula is C68H59N3O21. The molecule has 9 aliphatic rings. The lowest BCUT2D eigenvalue weighted by Crippen LogP contribution is -2.74. The first-order chi connectivity index (χ1) is 44.8. The number of benzene rings is 6. The molecule has 9 heterocycles. The molecule has 24 nitrogen and oxygen atoms in total. The zero-order chi connectivity index (χ0) is 63.1. The van der Waals surface area contributed by atoms with Gasteiger partial charge in [-0.2, -0.15) is 0 Å². The van der Waals surface area contributed by atoms with Crippen molar-refractivity contribution in [1.82, 2.24) is 14.7 Å². The van der Waals surface area contributed by atoms with Crippen LogP contribution in [0.1, 0.15) is 117 Å². The maximum atomic E-state index is 15.5. The van der Waals surface area contributed by atoms with Crippen molar-refractivity contribution in [2.45, 2.75) is 131 Å². The van der Waals surface area contributed by atoms with Gasteiger partial charge < -0.3 is 66.7 Å². The monoisotopic (exact) mass is 1250 g/mol. The number of carbonyl (C=O) groups is 8. The molecule has 24 heteroatoms. The lowest BCUT2D eigenvalue weighted by molar-refractivity contribution is -0.404. The van der Waals surface area contributed by atoms with Crippen LogP contribution in [0.15, 0.2) is 164 Å². The first kappa shape index (κ1) is 59.7. The van der Waals surface area contributed by atoms with Gasteiger partial charge in [0.1, 0.15) is 72.7 Å². The van der Waals surface area contributed by atoms with E-state index in [-0.39, 0.29) is 65.4 Å². The Bertz CT molecular complexity index is 3790. The number of hydrogen-bond acceptors (Lipinski definition) is 21. The van der Waals surface area contributed by atoms with Crippen molar-refractivity contribution in [3.63, 3.8) is 0 Å². The Morgan fingerprint density at radius 2 is 0.707 bits per heavy atom. The normalized spacial score (nSPS) is 33.1. The van der Waals surface area contributed by atoms with Crippen molar-refractivity contribution in [1.29, 1.82) is 0 Å². The molecule has 9 aliphatic heterocycles. The summed E-state index contributed by atoms with van der Waals surface area (Å²) in [6.07, 6.45) is -22.9. The van der Waals surface area contributed by atoms with Crippen LogP contribution in [0.25, 0.3) is 0 Å². The predicted octanol–water partition coefficient (Wildman–Crippen LogP) is 5.54. The summed E-state index contributed by atoms with van der Waals surface area (Å²) in [5.74, 6) is -6.26. The minimum absolute atomic E-state index is 0.00791. The molecule has 18 atom stereocenters. The van der Waals surface area contributed by atoms with Gasteiger partial charge >= 0.3 is 5.97 Å². The fraction of sp³-hybridized carbons (Fsp3) is 0.353. The quantitative estimate of drug-likeness (QED) is 0.103. The van der Waals surface area contributed by atoms with Gasteiger partial charge in [-0.25, -0.2) is 0 Å². The summed E-state index contributed by atoms with van der Waals surface area (Å²) in [7, 11) is 0. The van der Waals surface area contributed by atoms with E-state index in [2.05, 4.69) is 0 Å². The maximum absolute atomic E-state index is 15.5. The maximum Gasteiger partial charge on any atom is 0.306 e. The van der Waals surface area contributed by atoms with Gasteiger partial charge in [0, 0.05) is 23.1 Å². The molecule has 0 saturated carbocycles. The van der Waals surface area contributed by atoms with Gasteiger partial charge in [0.05, 0.1) is 59.6 Å². The SMILES string of the molecule is CC(=O)CCC(=O)O[C@H]1[C@@H]2O[C@H](c3ccccc3)OC[C@H]2O[C@@H](O[C@H]2[C@@H]3O[C@H](c4ccccc4)OC[C@H]3O[C@@H](O[C@H]3[C@@H]4O[C@H](c5ccccc5)OC[C@H]4O[C@@H](O)[C@@H]3N3C(=O)c4ccccc4C3=O)[C@@H]2N2C(=O)c3ccccc3C2=O)[C@@H]1N1C(=O)c2ccccc2C1=O. The summed E-state index contributed by atoms with van der Waals surface area (Å²) in [6.45, 7) is 0.517. The van der Waals surface area contributed by atoms with Crippen LogP contribution < -0.4 is 0 Å². The number of aliphatic hydroxyl groups excluding tert-OH is 1. The van der Waals surface area contributed by atoms with Gasteiger partial charge in [0.2, 0.25) is 0 Å². The van der Waals surface area contributed by atoms with Gasteiger partial charge in [-0.15, -0.1) is 0 Å². The van der Waals surface area contributed by atoms with E-state index in [0.717, 1.165) is 14.7 Å². The number of hydrogen-bond donors (Lipinski definition) is 1. The standard InChI is InChI=1S/C68H59N3O21/c1-34(72)29-30-47(73)87-55-49(70-59(76)40-25-13-14-26-41(40)60(70)77)67(85-45-32-82-65(89-52(45)55)36-19-7-3-8-20-36)92-56-50(71-61(78)42-27-15-16-28-43(42)62(71)79)68(86-46-33-83-66(90-53(46)56)37-21-9-4-10-22-37)91-54-48(69-57(74)38-23-11-12-24-39(38)58(69)75)63(80)84-44-31-81-64(88-51(44)54)35-17-5-2-6-18-35/h2-28,44-46,48-56,63-68,80H,29-33H2,1H3/t44-,45-,46-,48-,49-,50-,51-,52-,53-,54-,55-,56-,63-,64-,65-,66-,67+,68+/m1/s1. The highest BCUT2D eigenvalue weighted by Gasteiger charge is 2.65. The molecule has 6 aromatic rings. The number of nitrogens with zero attached hydrogens (tertiary/aromatic N) is 3. The third kappa shape index (κ3) is 10.4. The number of carbonyl (C=O) groups excluding carboxylic acids is 8. The predicted molar refractivity (Wildman–Crippen MR) is 310 cm³/mol. The van der Waals surface area contributed by atoms with E-state index in [4.69, 9.17) is 56.8 Å². The number of aliphatic hydroxyl groups is 1. The third-order valence-corrected chi connectivity index (χ3v) is 18.1. The van der Waals surface area contributed by atoms with Crippen LogP contribution in [0.3, 0.4) is 0 Å². The number of amides is 6. The second-order valence-electron chi connectivity index (χ2n) is 23.6. The van der Waals surface area contributed by atoms with Crippen LogP contribution in [-0.2, 0) is 66.4 Å². The molecule has 92 heavy (non-hydrogen) atoms. The number of fused-ring (bicyclic) bond motifs is 6. The Kier molecular flexibility index (Phi) is 15.9. The van der Waals surface area contributed by atoms with Crippen LogP contribution in [0.2, 0.25) is 0 Å². The average molecular weight is 1250 g/mol. The molecule has 6 amide bonds. The Balaban J connectivity index is 0.895. The summed E-state index contributed by atoms with van der Waals surface area (Å²) in [5, 5.41) is 12.4. The second-order valence-corrected chi connectivity index (χ2v) is 23.6. The topological polar surface area (TPSA) is 277 Å².